The first-order valence-corrected chi connectivity index (χ1v) is 5.20. The van der Waals surface area contributed by atoms with Gasteiger partial charge in [0.05, 0.1) is 10.6 Å². The molecule has 1 aliphatic rings. The normalized spacial score (nSPS) is 20.7. The zero-order chi connectivity index (χ0) is 10.8. The van der Waals surface area contributed by atoms with Crippen LogP contribution in [0.25, 0.3) is 0 Å². The number of pyridine rings is 1. The maximum Gasteiger partial charge on any atom is 0.255 e. The van der Waals surface area contributed by atoms with Gasteiger partial charge in [-0.3, -0.25) is 9.78 Å². The molecule has 0 spiro atoms. The zero-order valence-corrected chi connectivity index (χ0v) is 8.94. The van der Waals surface area contributed by atoms with Gasteiger partial charge < -0.3 is 10.6 Å². The highest BCUT2D eigenvalue weighted by Crippen LogP contribution is 2.18. The van der Waals surface area contributed by atoms with Crippen molar-refractivity contribution in [1.82, 2.24) is 9.88 Å². The molecular formula is C10H12ClN3O. The highest BCUT2D eigenvalue weighted by atomic mass is 35.5. The second-order valence-electron chi connectivity index (χ2n) is 3.66. The fourth-order valence-electron chi connectivity index (χ4n) is 1.69. The minimum atomic E-state index is -0.0599. The molecule has 0 bridgehead atoms. The summed E-state index contributed by atoms with van der Waals surface area (Å²) < 4.78 is 0. The standard InChI is InChI=1S/C10H12ClN3O/c11-9-5-13-3-1-8(9)10(15)14-4-2-7(12)6-14/h1,3,5,7H,2,4,6,12H2. The Morgan fingerprint density at radius 1 is 1.67 bits per heavy atom. The Labute approximate surface area is 93.0 Å². The molecule has 0 aromatic carbocycles. The number of hydrogen-bond acceptors (Lipinski definition) is 3. The van der Waals surface area contributed by atoms with E-state index in [1.54, 1.807) is 17.2 Å². The monoisotopic (exact) mass is 225 g/mol. The summed E-state index contributed by atoms with van der Waals surface area (Å²) in [5.74, 6) is -0.0599. The van der Waals surface area contributed by atoms with Gasteiger partial charge in [0, 0.05) is 31.5 Å². The molecule has 1 atom stereocenters. The van der Waals surface area contributed by atoms with Crippen molar-refractivity contribution in [3.05, 3.63) is 29.0 Å². The molecule has 2 heterocycles. The van der Waals surface area contributed by atoms with Gasteiger partial charge in [0.1, 0.15) is 0 Å². The summed E-state index contributed by atoms with van der Waals surface area (Å²) in [6.45, 7) is 1.32. The van der Waals surface area contributed by atoms with Crippen LogP contribution < -0.4 is 5.73 Å². The molecular weight excluding hydrogens is 214 g/mol. The minimum Gasteiger partial charge on any atom is -0.337 e. The van der Waals surface area contributed by atoms with Gasteiger partial charge in [-0.25, -0.2) is 0 Å². The van der Waals surface area contributed by atoms with Crippen molar-refractivity contribution in [2.24, 2.45) is 5.73 Å². The van der Waals surface area contributed by atoms with E-state index in [0.29, 0.717) is 23.7 Å². The van der Waals surface area contributed by atoms with E-state index < -0.39 is 0 Å². The number of aromatic nitrogens is 1. The SMILES string of the molecule is NC1CCN(C(=O)c2ccncc2Cl)C1. The molecule has 1 aliphatic heterocycles. The highest BCUT2D eigenvalue weighted by molar-refractivity contribution is 6.33. The summed E-state index contributed by atoms with van der Waals surface area (Å²) in [5, 5.41) is 0.392. The van der Waals surface area contributed by atoms with Crippen LogP contribution in [0.4, 0.5) is 0 Å². The minimum absolute atomic E-state index is 0.0599. The second kappa shape index (κ2) is 4.16. The quantitative estimate of drug-likeness (QED) is 0.773. The first-order valence-electron chi connectivity index (χ1n) is 4.83. The van der Waals surface area contributed by atoms with Crippen molar-refractivity contribution < 1.29 is 4.79 Å². The average molecular weight is 226 g/mol. The first-order chi connectivity index (χ1) is 7.18. The third-order valence-corrected chi connectivity index (χ3v) is 2.82. The summed E-state index contributed by atoms with van der Waals surface area (Å²) in [6, 6.07) is 1.73. The fourth-order valence-corrected chi connectivity index (χ4v) is 1.89. The van der Waals surface area contributed by atoms with Crippen LogP contribution in [0, 0.1) is 0 Å². The van der Waals surface area contributed by atoms with Gasteiger partial charge in [-0.1, -0.05) is 11.6 Å². The number of rotatable bonds is 1. The number of nitrogens with zero attached hydrogens (tertiary/aromatic N) is 2. The van der Waals surface area contributed by atoms with Crippen molar-refractivity contribution in [3.8, 4) is 0 Å². The molecule has 1 amide bonds. The summed E-state index contributed by atoms with van der Waals surface area (Å²) in [4.78, 5) is 17.5. The first kappa shape index (κ1) is 10.4. The van der Waals surface area contributed by atoms with Gasteiger partial charge in [-0.05, 0) is 12.5 Å². The summed E-state index contributed by atoms with van der Waals surface area (Å²) in [7, 11) is 0. The predicted molar refractivity (Wildman–Crippen MR) is 57.7 cm³/mol. The van der Waals surface area contributed by atoms with Crippen LogP contribution in [-0.2, 0) is 0 Å². The predicted octanol–water partition coefficient (Wildman–Crippen LogP) is 0.908. The van der Waals surface area contributed by atoms with Gasteiger partial charge >= 0.3 is 0 Å². The van der Waals surface area contributed by atoms with E-state index >= 15 is 0 Å². The van der Waals surface area contributed by atoms with E-state index in [0.717, 1.165) is 6.42 Å². The van der Waals surface area contributed by atoms with Gasteiger partial charge in [0.2, 0.25) is 0 Å². The summed E-state index contributed by atoms with van der Waals surface area (Å²) >= 11 is 5.89. The molecule has 0 saturated carbocycles. The molecule has 15 heavy (non-hydrogen) atoms. The molecule has 4 nitrogen and oxygen atoms in total. The molecule has 0 aliphatic carbocycles. The van der Waals surface area contributed by atoms with Crippen LogP contribution in [0.5, 0.6) is 0 Å². The lowest BCUT2D eigenvalue weighted by Gasteiger charge is -2.16. The number of likely N-dealkylation sites (tertiary alicyclic amines) is 1. The van der Waals surface area contributed by atoms with E-state index in [4.69, 9.17) is 17.3 Å². The lowest BCUT2D eigenvalue weighted by molar-refractivity contribution is 0.0791. The average Bonchev–Trinajstić information content (AvgIpc) is 2.65. The van der Waals surface area contributed by atoms with E-state index in [1.165, 1.54) is 6.20 Å². The van der Waals surface area contributed by atoms with Gasteiger partial charge in [0.25, 0.3) is 5.91 Å². The van der Waals surface area contributed by atoms with Crippen LogP contribution in [-0.4, -0.2) is 34.9 Å². The fraction of sp³-hybridized carbons (Fsp3) is 0.400. The Morgan fingerprint density at radius 2 is 2.47 bits per heavy atom. The van der Waals surface area contributed by atoms with E-state index in [9.17, 15) is 4.79 Å². The van der Waals surface area contributed by atoms with Crippen molar-refractivity contribution in [3.63, 3.8) is 0 Å². The number of amides is 1. The lowest BCUT2D eigenvalue weighted by atomic mass is 10.2. The maximum absolute atomic E-state index is 12.0. The molecule has 1 unspecified atom stereocenters. The zero-order valence-electron chi connectivity index (χ0n) is 8.19. The number of halogens is 1. The van der Waals surface area contributed by atoms with Gasteiger partial charge in [0.15, 0.2) is 0 Å². The molecule has 0 radical (unpaired) electrons. The summed E-state index contributed by atoms with van der Waals surface area (Å²) in [6.07, 6.45) is 3.90. The molecule has 1 aromatic heterocycles. The molecule has 1 fully saturated rings. The van der Waals surface area contributed by atoms with Crippen molar-refractivity contribution in [2.75, 3.05) is 13.1 Å². The largest absolute Gasteiger partial charge is 0.337 e. The van der Waals surface area contributed by atoms with Crippen LogP contribution in [0.1, 0.15) is 16.8 Å². The van der Waals surface area contributed by atoms with Gasteiger partial charge in [-0.15, -0.1) is 0 Å². The lowest BCUT2D eigenvalue weighted by Crippen LogP contribution is -2.32. The second-order valence-corrected chi connectivity index (χ2v) is 4.06. The molecule has 1 saturated heterocycles. The molecule has 5 heteroatoms. The molecule has 80 valence electrons. The topological polar surface area (TPSA) is 59.2 Å². The molecule has 2 N–H and O–H groups in total. The number of carbonyl (C=O) groups is 1. The number of nitrogens with two attached hydrogens (primary N) is 1. The van der Waals surface area contributed by atoms with Crippen molar-refractivity contribution >= 4 is 17.5 Å². The van der Waals surface area contributed by atoms with Crippen molar-refractivity contribution in [1.29, 1.82) is 0 Å². The third kappa shape index (κ3) is 2.11. The maximum atomic E-state index is 12.0. The van der Waals surface area contributed by atoms with Crippen LogP contribution in [0.15, 0.2) is 18.5 Å². The van der Waals surface area contributed by atoms with Crippen molar-refractivity contribution in [2.45, 2.75) is 12.5 Å². The Bertz CT molecular complexity index is 383. The Kier molecular flexibility index (Phi) is 2.88. The van der Waals surface area contributed by atoms with E-state index in [2.05, 4.69) is 4.98 Å². The Morgan fingerprint density at radius 3 is 3.07 bits per heavy atom. The van der Waals surface area contributed by atoms with Crippen LogP contribution in [0.3, 0.4) is 0 Å². The molecule has 2 rings (SSSR count). The van der Waals surface area contributed by atoms with Gasteiger partial charge in [-0.2, -0.15) is 0 Å². The van der Waals surface area contributed by atoms with Crippen LogP contribution >= 0.6 is 11.6 Å². The third-order valence-electron chi connectivity index (χ3n) is 2.51. The smallest absolute Gasteiger partial charge is 0.255 e. The Balaban J connectivity index is 2.18. The number of carbonyl (C=O) groups excluding carboxylic acids is 1. The van der Waals surface area contributed by atoms with E-state index in [-0.39, 0.29) is 11.9 Å². The summed E-state index contributed by atoms with van der Waals surface area (Å²) in [5.41, 5.74) is 6.24. The number of hydrogen-bond donors (Lipinski definition) is 1. The Hall–Kier alpha value is -1.13. The highest BCUT2D eigenvalue weighted by Gasteiger charge is 2.25. The molecule has 1 aromatic rings. The van der Waals surface area contributed by atoms with E-state index in [1.807, 2.05) is 0 Å². The van der Waals surface area contributed by atoms with Crippen LogP contribution in [0.2, 0.25) is 5.02 Å².